The third kappa shape index (κ3) is 3.82. The van der Waals surface area contributed by atoms with Crippen molar-refractivity contribution in [3.05, 3.63) is 133 Å². The molecule has 0 spiro atoms. The maximum absolute atomic E-state index is 5.12. The van der Waals surface area contributed by atoms with Crippen molar-refractivity contribution in [1.82, 2.24) is 19.5 Å². The lowest BCUT2D eigenvalue weighted by atomic mass is 9.96. The molecule has 0 fully saturated rings. The minimum atomic E-state index is 0.609. The molecular formula is C38H24N4S. The van der Waals surface area contributed by atoms with Gasteiger partial charge in [0.2, 0.25) is 5.95 Å². The molecule has 202 valence electrons. The highest BCUT2D eigenvalue weighted by Gasteiger charge is 2.23. The highest BCUT2D eigenvalue weighted by Crippen LogP contribution is 2.50. The Kier molecular flexibility index (Phi) is 5.31. The lowest BCUT2D eigenvalue weighted by Crippen LogP contribution is -2.06. The van der Waals surface area contributed by atoms with E-state index >= 15 is 0 Å². The molecule has 0 aliphatic carbocycles. The fraction of sp³-hybridized carbons (Fsp3) is 0.0263. The van der Waals surface area contributed by atoms with E-state index in [-0.39, 0.29) is 0 Å². The van der Waals surface area contributed by atoms with Crippen LogP contribution < -0.4 is 0 Å². The number of nitrogens with zero attached hydrogens (tertiary/aromatic N) is 4. The standard InChI is InChI=1S/C38H24N4S/c1-23-17-19-26(20-18-23)37-39-36(25-9-3-2-4-10-25)40-38(41-37)42-31-15-6-5-13-27(31)29-22-34-30(21-32(29)42)28-14-7-11-24-12-8-16-33(43-34)35(24)28/h2-22H,1H3. The Labute approximate surface area is 252 Å². The van der Waals surface area contributed by atoms with Crippen molar-refractivity contribution in [2.24, 2.45) is 0 Å². The van der Waals surface area contributed by atoms with Gasteiger partial charge in [0.25, 0.3) is 0 Å². The van der Waals surface area contributed by atoms with Gasteiger partial charge in [0.05, 0.1) is 11.0 Å². The van der Waals surface area contributed by atoms with Crippen LogP contribution in [-0.2, 0) is 0 Å². The predicted molar refractivity (Wildman–Crippen MR) is 177 cm³/mol. The van der Waals surface area contributed by atoms with Gasteiger partial charge in [-0.25, -0.2) is 4.98 Å². The quantitative estimate of drug-likeness (QED) is 0.213. The van der Waals surface area contributed by atoms with Crippen LogP contribution in [0.1, 0.15) is 5.56 Å². The number of fused-ring (bicyclic) bond motifs is 5. The lowest BCUT2D eigenvalue weighted by Gasteiger charge is -2.20. The minimum absolute atomic E-state index is 0.609. The van der Waals surface area contributed by atoms with Gasteiger partial charge in [-0.05, 0) is 47.7 Å². The van der Waals surface area contributed by atoms with Gasteiger partial charge in [-0.15, -0.1) is 0 Å². The van der Waals surface area contributed by atoms with Crippen LogP contribution >= 0.6 is 11.8 Å². The number of hydrogen-bond acceptors (Lipinski definition) is 4. The fourth-order valence-electron chi connectivity index (χ4n) is 6.25. The normalized spacial score (nSPS) is 12.2. The number of benzene rings is 6. The largest absolute Gasteiger partial charge is 0.278 e. The highest BCUT2D eigenvalue weighted by molar-refractivity contribution is 7.99. The van der Waals surface area contributed by atoms with Crippen LogP contribution in [0.15, 0.2) is 137 Å². The van der Waals surface area contributed by atoms with E-state index in [1.54, 1.807) is 0 Å². The summed E-state index contributed by atoms with van der Waals surface area (Å²) >= 11 is 1.85. The zero-order chi connectivity index (χ0) is 28.5. The molecule has 1 aliphatic heterocycles. The first-order chi connectivity index (χ1) is 21.2. The summed E-state index contributed by atoms with van der Waals surface area (Å²) in [7, 11) is 0. The monoisotopic (exact) mass is 568 g/mol. The second-order valence-electron chi connectivity index (χ2n) is 11.0. The average Bonchev–Trinajstić information content (AvgIpc) is 3.38. The van der Waals surface area contributed by atoms with Gasteiger partial charge in [-0.3, -0.25) is 4.57 Å². The van der Waals surface area contributed by atoms with Crippen molar-refractivity contribution < 1.29 is 0 Å². The number of para-hydroxylation sites is 1. The molecule has 8 aromatic rings. The Morgan fingerprint density at radius 2 is 1.26 bits per heavy atom. The minimum Gasteiger partial charge on any atom is -0.278 e. The van der Waals surface area contributed by atoms with Crippen molar-refractivity contribution in [3.63, 3.8) is 0 Å². The Morgan fingerprint density at radius 3 is 2.07 bits per heavy atom. The van der Waals surface area contributed by atoms with Crippen molar-refractivity contribution in [3.8, 4) is 39.9 Å². The lowest BCUT2D eigenvalue weighted by molar-refractivity contribution is 0.953. The molecular weight excluding hydrogens is 545 g/mol. The van der Waals surface area contributed by atoms with Crippen LogP contribution in [0.5, 0.6) is 0 Å². The Morgan fingerprint density at radius 1 is 0.535 bits per heavy atom. The molecule has 0 atom stereocenters. The summed E-state index contributed by atoms with van der Waals surface area (Å²) in [4.78, 5) is 17.8. The van der Waals surface area contributed by atoms with Crippen molar-refractivity contribution >= 4 is 44.3 Å². The van der Waals surface area contributed by atoms with E-state index in [0.717, 1.165) is 22.2 Å². The summed E-state index contributed by atoms with van der Waals surface area (Å²) < 4.78 is 2.21. The molecule has 0 radical (unpaired) electrons. The molecule has 43 heavy (non-hydrogen) atoms. The van der Waals surface area contributed by atoms with E-state index < -0.39 is 0 Å². The molecule has 0 saturated heterocycles. The maximum Gasteiger partial charge on any atom is 0.238 e. The first kappa shape index (κ1) is 24.3. The molecule has 6 aromatic carbocycles. The van der Waals surface area contributed by atoms with Gasteiger partial charge >= 0.3 is 0 Å². The van der Waals surface area contributed by atoms with E-state index in [2.05, 4.69) is 121 Å². The first-order valence-electron chi connectivity index (χ1n) is 14.4. The summed E-state index contributed by atoms with van der Waals surface area (Å²) in [5.74, 6) is 1.92. The van der Waals surface area contributed by atoms with Crippen molar-refractivity contribution in [2.75, 3.05) is 0 Å². The Balaban J connectivity index is 1.36. The Bertz CT molecular complexity index is 2370. The molecule has 4 nitrogen and oxygen atoms in total. The summed E-state index contributed by atoms with van der Waals surface area (Å²) in [5.41, 5.74) is 7.77. The number of rotatable bonds is 3. The topological polar surface area (TPSA) is 43.6 Å². The van der Waals surface area contributed by atoms with Gasteiger partial charge in [0.1, 0.15) is 0 Å². The fourth-order valence-corrected chi connectivity index (χ4v) is 7.42. The molecule has 5 heteroatoms. The molecule has 0 saturated carbocycles. The molecule has 0 unspecified atom stereocenters. The van der Waals surface area contributed by atoms with Gasteiger partial charge in [-0.1, -0.05) is 120 Å². The highest BCUT2D eigenvalue weighted by atomic mass is 32.2. The van der Waals surface area contributed by atoms with Gasteiger partial charge in [0.15, 0.2) is 11.6 Å². The van der Waals surface area contributed by atoms with Crippen molar-refractivity contribution in [1.29, 1.82) is 0 Å². The summed E-state index contributed by atoms with van der Waals surface area (Å²) in [6.45, 7) is 2.09. The van der Waals surface area contributed by atoms with E-state index in [0.29, 0.717) is 17.6 Å². The average molecular weight is 569 g/mol. The van der Waals surface area contributed by atoms with Gasteiger partial charge in [-0.2, -0.15) is 9.97 Å². The summed E-state index contributed by atoms with van der Waals surface area (Å²) in [6.07, 6.45) is 0. The smallest absolute Gasteiger partial charge is 0.238 e. The second kappa shape index (κ2) is 9.38. The predicted octanol–water partition coefficient (Wildman–Crippen LogP) is 9.90. The number of aromatic nitrogens is 4. The first-order valence-corrected chi connectivity index (χ1v) is 15.2. The molecule has 0 N–H and O–H groups in total. The van der Waals surface area contributed by atoms with Crippen molar-refractivity contribution in [2.45, 2.75) is 16.7 Å². The summed E-state index contributed by atoms with van der Waals surface area (Å²) in [6, 6.07) is 45.0. The van der Waals surface area contributed by atoms with Crippen LogP contribution in [0.2, 0.25) is 0 Å². The zero-order valence-electron chi connectivity index (χ0n) is 23.3. The van der Waals surface area contributed by atoms with E-state index in [9.17, 15) is 0 Å². The molecule has 3 heterocycles. The molecule has 0 amide bonds. The van der Waals surface area contributed by atoms with Gasteiger partial charge in [0, 0.05) is 37.1 Å². The van der Waals surface area contributed by atoms with Crippen LogP contribution in [0.4, 0.5) is 0 Å². The van der Waals surface area contributed by atoms with Gasteiger partial charge < -0.3 is 0 Å². The van der Waals surface area contributed by atoms with E-state index in [1.807, 2.05) is 30.0 Å². The van der Waals surface area contributed by atoms with Crippen LogP contribution in [0.3, 0.4) is 0 Å². The van der Waals surface area contributed by atoms with E-state index in [1.165, 1.54) is 48.0 Å². The van der Waals surface area contributed by atoms with Crippen LogP contribution in [-0.4, -0.2) is 19.5 Å². The van der Waals surface area contributed by atoms with E-state index in [4.69, 9.17) is 15.0 Å². The zero-order valence-corrected chi connectivity index (χ0v) is 24.1. The second-order valence-corrected chi connectivity index (χ2v) is 12.1. The SMILES string of the molecule is Cc1ccc(-c2nc(-c3ccccc3)nc(-n3c4ccccc4c4cc5c(cc43)-c3cccc4cccc(c34)S5)n2)cc1. The molecule has 0 bridgehead atoms. The maximum atomic E-state index is 5.12. The molecule has 2 aromatic heterocycles. The third-order valence-corrected chi connectivity index (χ3v) is 9.43. The Hall–Kier alpha value is -5.26. The molecule has 1 aliphatic rings. The molecule has 9 rings (SSSR count). The summed E-state index contributed by atoms with van der Waals surface area (Å²) in [5, 5.41) is 4.95. The van der Waals surface area contributed by atoms with Crippen LogP contribution in [0, 0.1) is 6.92 Å². The number of aryl methyl sites for hydroxylation is 1. The number of hydrogen-bond donors (Lipinski definition) is 0. The van der Waals surface area contributed by atoms with Crippen LogP contribution in [0.25, 0.3) is 72.4 Å². The third-order valence-electron chi connectivity index (χ3n) is 8.32.